The van der Waals surface area contributed by atoms with Gasteiger partial charge in [0.2, 0.25) is 5.88 Å². The van der Waals surface area contributed by atoms with Crippen molar-refractivity contribution >= 4 is 11.6 Å². The second-order valence-electron chi connectivity index (χ2n) is 4.61. The molecule has 0 saturated heterocycles. The van der Waals surface area contributed by atoms with Gasteiger partial charge >= 0.3 is 0 Å². The lowest BCUT2D eigenvalue weighted by molar-refractivity contribution is 0.397. The highest BCUT2D eigenvalue weighted by Gasteiger charge is 2.10. The van der Waals surface area contributed by atoms with Gasteiger partial charge in [-0.15, -0.1) is 0 Å². The van der Waals surface area contributed by atoms with Crippen molar-refractivity contribution in [3.63, 3.8) is 0 Å². The lowest BCUT2D eigenvalue weighted by Gasteiger charge is -2.13. The Bertz CT molecular complexity index is 575. The number of pyridine rings is 1. The van der Waals surface area contributed by atoms with Gasteiger partial charge in [0, 0.05) is 23.3 Å². The van der Waals surface area contributed by atoms with E-state index < -0.39 is 0 Å². The summed E-state index contributed by atoms with van der Waals surface area (Å²) in [6.45, 7) is 0. The third-order valence-corrected chi connectivity index (χ3v) is 3.36. The van der Waals surface area contributed by atoms with Gasteiger partial charge in [0.25, 0.3) is 0 Å². The van der Waals surface area contributed by atoms with E-state index in [1.54, 1.807) is 25.4 Å². The van der Waals surface area contributed by atoms with Crippen molar-refractivity contribution in [1.82, 2.24) is 4.98 Å². The van der Waals surface area contributed by atoms with E-state index in [1.165, 1.54) is 12.1 Å². The van der Waals surface area contributed by atoms with Crippen molar-refractivity contribution in [2.75, 3.05) is 7.11 Å². The first-order chi connectivity index (χ1) is 9.58. The molecule has 1 atom stereocenters. The topological polar surface area (TPSA) is 48.1 Å². The van der Waals surface area contributed by atoms with Crippen molar-refractivity contribution in [1.29, 1.82) is 0 Å². The van der Waals surface area contributed by atoms with Crippen LogP contribution in [0.3, 0.4) is 0 Å². The summed E-state index contributed by atoms with van der Waals surface area (Å²) in [6.07, 6.45) is 2.89. The third kappa shape index (κ3) is 3.92. The van der Waals surface area contributed by atoms with Gasteiger partial charge in [0.15, 0.2) is 0 Å². The summed E-state index contributed by atoms with van der Waals surface area (Å²) < 4.78 is 18.2. The first kappa shape index (κ1) is 14.8. The summed E-state index contributed by atoms with van der Waals surface area (Å²) in [6, 6.07) is 7.87. The van der Waals surface area contributed by atoms with E-state index in [-0.39, 0.29) is 11.9 Å². The van der Waals surface area contributed by atoms with Gasteiger partial charge in [-0.05, 0) is 42.2 Å². The van der Waals surface area contributed by atoms with Crippen LogP contribution in [0.4, 0.5) is 4.39 Å². The van der Waals surface area contributed by atoms with E-state index in [9.17, 15) is 4.39 Å². The number of nitrogens with two attached hydrogens (primary N) is 1. The molecule has 2 aromatic rings. The first-order valence-corrected chi connectivity index (χ1v) is 6.64. The van der Waals surface area contributed by atoms with Crippen LogP contribution in [-0.2, 0) is 12.8 Å². The van der Waals surface area contributed by atoms with Gasteiger partial charge in [-0.25, -0.2) is 9.37 Å². The SMILES string of the molecule is COc1ccc(CC(N)Cc2cc(F)ccc2Cl)cn1. The molecule has 2 rings (SSSR count). The van der Waals surface area contributed by atoms with Crippen LogP contribution in [0.2, 0.25) is 5.02 Å². The summed E-state index contributed by atoms with van der Waals surface area (Å²) in [7, 11) is 1.57. The summed E-state index contributed by atoms with van der Waals surface area (Å²) in [5.41, 5.74) is 7.82. The fourth-order valence-electron chi connectivity index (χ4n) is 2.01. The predicted molar refractivity (Wildman–Crippen MR) is 77.6 cm³/mol. The molecule has 0 aliphatic carbocycles. The molecule has 106 valence electrons. The Morgan fingerprint density at radius 1 is 1.30 bits per heavy atom. The maximum absolute atomic E-state index is 13.2. The molecule has 1 aromatic heterocycles. The monoisotopic (exact) mass is 294 g/mol. The summed E-state index contributed by atoms with van der Waals surface area (Å²) in [4.78, 5) is 4.13. The van der Waals surface area contributed by atoms with E-state index in [2.05, 4.69) is 4.98 Å². The zero-order valence-electron chi connectivity index (χ0n) is 11.1. The molecule has 2 N–H and O–H groups in total. The van der Waals surface area contributed by atoms with Crippen LogP contribution < -0.4 is 10.5 Å². The molecule has 0 saturated carbocycles. The predicted octanol–water partition coefficient (Wildman–Crippen LogP) is 3.00. The van der Waals surface area contributed by atoms with Gasteiger partial charge in [0.05, 0.1) is 7.11 Å². The molecule has 0 amide bonds. The molecule has 1 heterocycles. The molecule has 5 heteroatoms. The number of nitrogens with zero attached hydrogens (tertiary/aromatic N) is 1. The number of ether oxygens (including phenoxy) is 1. The third-order valence-electron chi connectivity index (χ3n) is 2.99. The number of halogens is 2. The van der Waals surface area contributed by atoms with Gasteiger partial charge in [-0.3, -0.25) is 0 Å². The second-order valence-corrected chi connectivity index (χ2v) is 5.02. The summed E-state index contributed by atoms with van der Waals surface area (Å²) in [5, 5.41) is 0.537. The van der Waals surface area contributed by atoms with E-state index >= 15 is 0 Å². The van der Waals surface area contributed by atoms with Crippen LogP contribution >= 0.6 is 11.6 Å². The normalized spacial score (nSPS) is 12.2. The molecule has 0 aliphatic heterocycles. The highest BCUT2D eigenvalue weighted by atomic mass is 35.5. The minimum atomic E-state index is -0.303. The molecule has 0 radical (unpaired) electrons. The molecule has 0 bridgehead atoms. The van der Waals surface area contributed by atoms with Crippen molar-refractivity contribution in [3.8, 4) is 5.88 Å². The highest BCUT2D eigenvalue weighted by molar-refractivity contribution is 6.31. The lowest BCUT2D eigenvalue weighted by Crippen LogP contribution is -2.25. The Balaban J connectivity index is 2.00. The van der Waals surface area contributed by atoms with Crippen LogP contribution in [0.25, 0.3) is 0 Å². The van der Waals surface area contributed by atoms with Crippen molar-refractivity contribution in [3.05, 3.63) is 58.5 Å². The molecular formula is C15H16ClFN2O. The van der Waals surface area contributed by atoms with Crippen LogP contribution in [0.5, 0.6) is 5.88 Å². The van der Waals surface area contributed by atoms with Gasteiger partial charge in [-0.1, -0.05) is 17.7 Å². The largest absolute Gasteiger partial charge is 0.481 e. The number of aromatic nitrogens is 1. The zero-order chi connectivity index (χ0) is 14.5. The molecule has 3 nitrogen and oxygen atoms in total. The maximum Gasteiger partial charge on any atom is 0.212 e. The Morgan fingerprint density at radius 2 is 2.10 bits per heavy atom. The first-order valence-electron chi connectivity index (χ1n) is 6.27. The fourth-order valence-corrected chi connectivity index (χ4v) is 2.20. The molecule has 20 heavy (non-hydrogen) atoms. The zero-order valence-corrected chi connectivity index (χ0v) is 11.9. The Kier molecular flexibility index (Phi) is 4.93. The number of hydrogen-bond donors (Lipinski definition) is 1. The van der Waals surface area contributed by atoms with Crippen LogP contribution in [0.1, 0.15) is 11.1 Å². The number of benzene rings is 1. The van der Waals surface area contributed by atoms with Crippen molar-refractivity contribution in [2.45, 2.75) is 18.9 Å². The van der Waals surface area contributed by atoms with Gasteiger partial charge < -0.3 is 10.5 Å². The fraction of sp³-hybridized carbons (Fsp3) is 0.267. The molecule has 1 aromatic carbocycles. The minimum Gasteiger partial charge on any atom is -0.481 e. The number of methoxy groups -OCH3 is 1. The molecular weight excluding hydrogens is 279 g/mol. The summed E-state index contributed by atoms with van der Waals surface area (Å²) in [5.74, 6) is 0.262. The van der Waals surface area contributed by atoms with Crippen LogP contribution in [-0.4, -0.2) is 18.1 Å². The Labute approximate surface area is 122 Å². The number of hydrogen-bond acceptors (Lipinski definition) is 3. The molecule has 1 unspecified atom stereocenters. The average Bonchev–Trinajstić information content (AvgIpc) is 2.43. The standard InChI is InChI=1S/C15H16ClFN2O/c1-20-15-5-2-10(9-19-15)6-13(18)8-11-7-12(17)3-4-14(11)16/h2-5,7,9,13H,6,8,18H2,1H3. The van der Waals surface area contributed by atoms with Crippen molar-refractivity contribution < 1.29 is 9.13 Å². The van der Waals surface area contributed by atoms with E-state index in [4.69, 9.17) is 22.1 Å². The molecule has 0 aliphatic rings. The Morgan fingerprint density at radius 3 is 2.75 bits per heavy atom. The minimum absolute atomic E-state index is 0.149. The van der Waals surface area contributed by atoms with E-state index in [0.29, 0.717) is 23.7 Å². The summed E-state index contributed by atoms with van der Waals surface area (Å²) >= 11 is 6.03. The lowest BCUT2D eigenvalue weighted by atomic mass is 10.0. The van der Waals surface area contributed by atoms with Gasteiger partial charge in [0.1, 0.15) is 5.82 Å². The van der Waals surface area contributed by atoms with E-state index in [1.807, 2.05) is 6.07 Å². The quantitative estimate of drug-likeness (QED) is 0.922. The molecule has 0 fully saturated rings. The van der Waals surface area contributed by atoms with Crippen LogP contribution in [0, 0.1) is 5.82 Å². The number of rotatable bonds is 5. The Hall–Kier alpha value is -1.65. The van der Waals surface area contributed by atoms with Crippen molar-refractivity contribution in [2.24, 2.45) is 5.73 Å². The van der Waals surface area contributed by atoms with Crippen LogP contribution in [0.15, 0.2) is 36.5 Å². The maximum atomic E-state index is 13.2. The van der Waals surface area contributed by atoms with Gasteiger partial charge in [-0.2, -0.15) is 0 Å². The smallest absolute Gasteiger partial charge is 0.212 e. The van der Waals surface area contributed by atoms with E-state index in [0.717, 1.165) is 11.1 Å². The second kappa shape index (κ2) is 6.68. The average molecular weight is 295 g/mol. The molecule has 0 spiro atoms. The highest BCUT2D eigenvalue weighted by Crippen LogP contribution is 2.19.